The van der Waals surface area contributed by atoms with Crippen molar-refractivity contribution in [3.8, 4) is 5.75 Å². The van der Waals surface area contributed by atoms with E-state index in [0.717, 1.165) is 5.56 Å². The number of aryl methyl sites for hydroxylation is 1. The molecule has 0 aliphatic carbocycles. The molecule has 1 amide bonds. The maximum absolute atomic E-state index is 12.2. The lowest BCUT2D eigenvalue weighted by atomic mass is 10.1. The minimum absolute atomic E-state index is 0.260. The fraction of sp³-hybridized carbons (Fsp3) is 0.143. The summed E-state index contributed by atoms with van der Waals surface area (Å²) < 4.78 is 5.15. The molecule has 98 valence electrons. The Kier molecular flexibility index (Phi) is 3.66. The second-order valence-electron chi connectivity index (χ2n) is 4.16. The Balaban J connectivity index is 2.25. The van der Waals surface area contributed by atoms with E-state index in [1.807, 2.05) is 13.0 Å². The highest BCUT2D eigenvalue weighted by atomic mass is 16.5. The van der Waals surface area contributed by atoms with Crippen molar-refractivity contribution in [2.75, 3.05) is 18.2 Å². The molecule has 0 fully saturated rings. The Morgan fingerprint density at radius 1 is 1.32 bits per heavy atom. The molecule has 1 aromatic carbocycles. The topological polar surface area (TPSA) is 77.2 Å². The van der Waals surface area contributed by atoms with Gasteiger partial charge >= 0.3 is 0 Å². The lowest BCUT2D eigenvalue weighted by Crippen LogP contribution is -2.13. The third kappa shape index (κ3) is 3.01. The van der Waals surface area contributed by atoms with Crippen molar-refractivity contribution in [1.82, 2.24) is 4.98 Å². The number of pyridine rings is 1. The van der Waals surface area contributed by atoms with Crippen LogP contribution in [0.15, 0.2) is 36.7 Å². The summed E-state index contributed by atoms with van der Waals surface area (Å²) in [5.41, 5.74) is 8.25. The second-order valence-corrected chi connectivity index (χ2v) is 4.16. The van der Waals surface area contributed by atoms with Gasteiger partial charge in [0.25, 0.3) is 5.91 Å². The van der Waals surface area contributed by atoms with Gasteiger partial charge in [-0.25, -0.2) is 0 Å². The summed E-state index contributed by atoms with van der Waals surface area (Å²) in [6.45, 7) is 1.91. The Morgan fingerprint density at radius 2 is 2.11 bits per heavy atom. The first-order chi connectivity index (χ1) is 9.10. The molecule has 0 saturated carbocycles. The number of rotatable bonds is 3. The molecule has 1 heterocycles. The maximum atomic E-state index is 12.2. The molecule has 0 radical (unpaired) electrons. The number of benzene rings is 1. The van der Waals surface area contributed by atoms with E-state index in [2.05, 4.69) is 10.3 Å². The third-order valence-corrected chi connectivity index (χ3v) is 2.60. The van der Waals surface area contributed by atoms with Crippen molar-refractivity contribution < 1.29 is 9.53 Å². The van der Waals surface area contributed by atoms with Crippen LogP contribution < -0.4 is 15.8 Å². The molecule has 2 aromatic rings. The number of nitrogens with zero attached hydrogens (tertiary/aromatic N) is 1. The highest BCUT2D eigenvalue weighted by Gasteiger charge is 2.12. The predicted octanol–water partition coefficient (Wildman–Crippen LogP) is 2.23. The van der Waals surface area contributed by atoms with E-state index >= 15 is 0 Å². The van der Waals surface area contributed by atoms with Crippen LogP contribution in [0.4, 0.5) is 11.4 Å². The van der Waals surface area contributed by atoms with E-state index in [-0.39, 0.29) is 5.91 Å². The number of methoxy groups -OCH3 is 1. The number of hydrogen-bond acceptors (Lipinski definition) is 4. The Bertz CT molecular complexity index is 611. The van der Waals surface area contributed by atoms with Gasteiger partial charge in [-0.05, 0) is 30.7 Å². The average molecular weight is 257 g/mol. The van der Waals surface area contributed by atoms with Gasteiger partial charge in [-0.15, -0.1) is 0 Å². The van der Waals surface area contributed by atoms with Crippen LogP contribution in [-0.4, -0.2) is 18.0 Å². The summed E-state index contributed by atoms with van der Waals surface area (Å²) in [7, 11) is 1.50. The van der Waals surface area contributed by atoms with E-state index in [4.69, 9.17) is 10.5 Å². The minimum Gasteiger partial charge on any atom is -0.496 e. The number of amides is 1. The van der Waals surface area contributed by atoms with Crippen LogP contribution in [0.25, 0.3) is 0 Å². The number of nitrogens with one attached hydrogen (secondary N) is 1. The molecule has 0 atom stereocenters. The molecule has 0 saturated heterocycles. The molecule has 3 N–H and O–H groups in total. The van der Waals surface area contributed by atoms with Gasteiger partial charge in [0.05, 0.1) is 24.6 Å². The first-order valence-corrected chi connectivity index (χ1v) is 5.76. The standard InChI is InChI=1S/C14H15N3O2/c1-9-5-11(8-16-7-9)17-14(18)12-4-3-10(15)6-13(12)19-2/h3-8H,15H2,1-2H3,(H,17,18). The van der Waals surface area contributed by atoms with E-state index in [9.17, 15) is 4.79 Å². The van der Waals surface area contributed by atoms with Crippen molar-refractivity contribution in [2.24, 2.45) is 0 Å². The van der Waals surface area contributed by atoms with Crippen LogP contribution in [0.2, 0.25) is 0 Å². The zero-order valence-corrected chi connectivity index (χ0v) is 10.8. The molecule has 1 aromatic heterocycles. The number of carbonyl (C=O) groups is 1. The van der Waals surface area contributed by atoms with E-state index in [0.29, 0.717) is 22.7 Å². The molecule has 5 nitrogen and oxygen atoms in total. The molecule has 5 heteroatoms. The van der Waals surface area contributed by atoms with E-state index in [1.54, 1.807) is 30.6 Å². The maximum Gasteiger partial charge on any atom is 0.259 e. The molecule has 2 rings (SSSR count). The summed E-state index contributed by atoms with van der Waals surface area (Å²) in [4.78, 5) is 16.2. The first-order valence-electron chi connectivity index (χ1n) is 5.76. The third-order valence-electron chi connectivity index (χ3n) is 2.60. The molecular formula is C14H15N3O2. The molecule has 0 bridgehead atoms. The zero-order valence-electron chi connectivity index (χ0n) is 10.8. The Hall–Kier alpha value is -2.56. The largest absolute Gasteiger partial charge is 0.496 e. The fourth-order valence-electron chi connectivity index (χ4n) is 1.72. The first kappa shape index (κ1) is 12.9. The molecule has 0 aliphatic heterocycles. The van der Waals surface area contributed by atoms with Gasteiger partial charge < -0.3 is 15.8 Å². The number of nitrogen functional groups attached to an aromatic ring is 1. The number of aromatic nitrogens is 1. The van der Waals surface area contributed by atoms with Crippen LogP contribution in [0.1, 0.15) is 15.9 Å². The van der Waals surface area contributed by atoms with Crippen LogP contribution in [-0.2, 0) is 0 Å². The fourth-order valence-corrected chi connectivity index (χ4v) is 1.72. The minimum atomic E-state index is -0.260. The van der Waals surface area contributed by atoms with Crippen LogP contribution in [0, 0.1) is 6.92 Å². The number of carbonyl (C=O) groups excluding carboxylic acids is 1. The Labute approximate surface area is 111 Å². The van der Waals surface area contributed by atoms with Gasteiger partial charge in [-0.1, -0.05) is 0 Å². The van der Waals surface area contributed by atoms with Gasteiger partial charge in [0.15, 0.2) is 0 Å². The summed E-state index contributed by atoms with van der Waals surface area (Å²) in [6, 6.07) is 6.75. The highest BCUT2D eigenvalue weighted by molar-refractivity contribution is 6.06. The van der Waals surface area contributed by atoms with Crippen molar-refractivity contribution in [3.63, 3.8) is 0 Å². The summed E-state index contributed by atoms with van der Waals surface area (Å²) in [5, 5.41) is 2.77. The van der Waals surface area contributed by atoms with Crippen molar-refractivity contribution >= 4 is 17.3 Å². The number of hydrogen-bond donors (Lipinski definition) is 2. The SMILES string of the molecule is COc1cc(N)ccc1C(=O)Nc1cncc(C)c1. The summed E-state index contributed by atoms with van der Waals surface area (Å²) in [5.74, 6) is 0.183. The molecule has 0 spiro atoms. The van der Waals surface area contributed by atoms with Gasteiger partial charge in [0.1, 0.15) is 5.75 Å². The predicted molar refractivity (Wildman–Crippen MR) is 74.3 cm³/mol. The van der Waals surface area contributed by atoms with Gasteiger partial charge in [-0.3, -0.25) is 9.78 Å². The van der Waals surface area contributed by atoms with Crippen molar-refractivity contribution in [3.05, 3.63) is 47.8 Å². The molecule has 0 aliphatic rings. The van der Waals surface area contributed by atoms with Crippen LogP contribution in [0.5, 0.6) is 5.75 Å². The zero-order chi connectivity index (χ0) is 13.8. The van der Waals surface area contributed by atoms with Crippen LogP contribution >= 0.6 is 0 Å². The average Bonchev–Trinajstić information content (AvgIpc) is 2.38. The van der Waals surface area contributed by atoms with Gasteiger partial charge in [0, 0.05) is 18.0 Å². The monoisotopic (exact) mass is 257 g/mol. The molecular weight excluding hydrogens is 242 g/mol. The highest BCUT2D eigenvalue weighted by Crippen LogP contribution is 2.22. The number of ether oxygens (including phenoxy) is 1. The normalized spacial score (nSPS) is 10.0. The second kappa shape index (κ2) is 5.39. The van der Waals surface area contributed by atoms with Gasteiger partial charge in [-0.2, -0.15) is 0 Å². The number of nitrogens with two attached hydrogens (primary N) is 1. The molecule has 0 unspecified atom stereocenters. The van der Waals surface area contributed by atoms with Crippen molar-refractivity contribution in [1.29, 1.82) is 0 Å². The Morgan fingerprint density at radius 3 is 2.79 bits per heavy atom. The van der Waals surface area contributed by atoms with Gasteiger partial charge in [0.2, 0.25) is 0 Å². The van der Waals surface area contributed by atoms with E-state index < -0.39 is 0 Å². The van der Waals surface area contributed by atoms with E-state index in [1.165, 1.54) is 7.11 Å². The quantitative estimate of drug-likeness (QED) is 0.827. The van der Waals surface area contributed by atoms with Crippen molar-refractivity contribution in [2.45, 2.75) is 6.92 Å². The molecule has 19 heavy (non-hydrogen) atoms. The lowest BCUT2D eigenvalue weighted by Gasteiger charge is -2.10. The van der Waals surface area contributed by atoms with Crippen LogP contribution in [0.3, 0.4) is 0 Å². The lowest BCUT2D eigenvalue weighted by molar-refractivity contribution is 0.102. The smallest absolute Gasteiger partial charge is 0.259 e. The summed E-state index contributed by atoms with van der Waals surface area (Å²) in [6.07, 6.45) is 3.31. The summed E-state index contributed by atoms with van der Waals surface area (Å²) >= 11 is 0. The number of anilines is 2.